The lowest BCUT2D eigenvalue weighted by Crippen LogP contribution is -2.24. The van der Waals surface area contributed by atoms with Crippen molar-refractivity contribution in [1.82, 2.24) is 4.90 Å². The molecule has 1 N–H and O–H groups in total. The first-order valence-electron chi connectivity index (χ1n) is 3.83. The molecule has 0 spiro atoms. The average molecular weight is 155 g/mol. The number of carbonyl (C=O) groups is 1. The van der Waals surface area contributed by atoms with Crippen LogP contribution in [0.3, 0.4) is 0 Å². The van der Waals surface area contributed by atoms with Crippen molar-refractivity contribution in [3.8, 4) is 0 Å². The highest BCUT2D eigenvalue weighted by atomic mass is 16.4. The Morgan fingerprint density at radius 2 is 2.00 bits per heavy atom. The summed E-state index contributed by atoms with van der Waals surface area (Å²) in [5.74, 6) is -0.878. The van der Waals surface area contributed by atoms with Crippen molar-refractivity contribution in [2.75, 3.05) is 19.6 Å². The van der Waals surface area contributed by atoms with Crippen molar-refractivity contribution in [3.63, 3.8) is 0 Å². The van der Waals surface area contributed by atoms with E-state index in [0.29, 0.717) is 12.1 Å². The quantitative estimate of drug-likeness (QED) is 0.610. The van der Waals surface area contributed by atoms with Crippen LogP contribution in [0.1, 0.15) is 12.8 Å². The zero-order valence-corrected chi connectivity index (χ0v) is 6.55. The van der Waals surface area contributed by atoms with Crippen molar-refractivity contribution in [2.45, 2.75) is 12.8 Å². The summed E-state index contributed by atoms with van der Waals surface area (Å²) in [6.45, 7) is 6.04. The molecule has 1 rings (SSSR count). The number of nitrogens with zero attached hydrogens (tertiary/aromatic N) is 1. The fourth-order valence-corrected chi connectivity index (χ4v) is 1.28. The van der Waals surface area contributed by atoms with E-state index in [-0.39, 0.29) is 0 Å². The minimum Gasteiger partial charge on any atom is -0.478 e. The van der Waals surface area contributed by atoms with E-state index in [2.05, 4.69) is 11.5 Å². The minimum atomic E-state index is -0.878. The molecule has 1 aliphatic rings. The van der Waals surface area contributed by atoms with Gasteiger partial charge in [-0.3, -0.25) is 4.90 Å². The Kier molecular flexibility index (Phi) is 2.65. The van der Waals surface area contributed by atoms with Gasteiger partial charge < -0.3 is 5.11 Å². The van der Waals surface area contributed by atoms with Crippen LogP contribution in [0.15, 0.2) is 12.2 Å². The van der Waals surface area contributed by atoms with Crippen LogP contribution < -0.4 is 0 Å². The summed E-state index contributed by atoms with van der Waals surface area (Å²) in [5.41, 5.74) is 0.298. The summed E-state index contributed by atoms with van der Waals surface area (Å²) in [5, 5.41) is 8.52. The third kappa shape index (κ3) is 2.35. The van der Waals surface area contributed by atoms with Crippen LogP contribution in [0.5, 0.6) is 0 Å². The van der Waals surface area contributed by atoms with Crippen LogP contribution in [-0.4, -0.2) is 35.6 Å². The number of carboxylic acid groups (broad SMARTS) is 1. The molecule has 0 aliphatic carbocycles. The third-order valence-corrected chi connectivity index (χ3v) is 1.92. The molecule has 0 aromatic heterocycles. The molecule has 1 heterocycles. The first kappa shape index (κ1) is 8.27. The van der Waals surface area contributed by atoms with E-state index < -0.39 is 5.97 Å². The van der Waals surface area contributed by atoms with Gasteiger partial charge in [0.15, 0.2) is 0 Å². The molecule has 11 heavy (non-hydrogen) atoms. The SMILES string of the molecule is C=C(CN1CCCC1)C(=O)O. The Labute approximate surface area is 66.3 Å². The third-order valence-electron chi connectivity index (χ3n) is 1.92. The Morgan fingerprint density at radius 3 is 2.45 bits per heavy atom. The van der Waals surface area contributed by atoms with Crippen LogP contribution in [0.25, 0.3) is 0 Å². The average Bonchev–Trinajstić information content (AvgIpc) is 2.39. The number of aliphatic carboxylic acids is 1. The first-order chi connectivity index (χ1) is 5.20. The molecule has 0 aromatic carbocycles. The molecular formula is C8H13NO2. The van der Waals surface area contributed by atoms with Gasteiger partial charge in [-0.25, -0.2) is 4.79 Å². The Hall–Kier alpha value is -0.830. The van der Waals surface area contributed by atoms with Crippen molar-refractivity contribution >= 4 is 5.97 Å². The summed E-state index contributed by atoms with van der Waals surface area (Å²) in [7, 11) is 0. The van der Waals surface area contributed by atoms with Crippen molar-refractivity contribution < 1.29 is 9.90 Å². The molecule has 0 radical (unpaired) electrons. The lowest BCUT2D eigenvalue weighted by molar-refractivity contribution is -0.132. The number of carboxylic acids is 1. The second-order valence-electron chi connectivity index (χ2n) is 2.89. The maximum atomic E-state index is 10.4. The number of hydrogen-bond acceptors (Lipinski definition) is 2. The second kappa shape index (κ2) is 3.53. The van der Waals surface area contributed by atoms with Gasteiger partial charge in [0.25, 0.3) is 0 Å². The Bertz CT molecular complexity index is 171. The van der Waals surface area contributed by atoms with Gasteiger partial charge in [0, 0.05) is 12.1 Å². The molecule has 62 valence electrons. The predicted octanol–water partition coefficient (Wildman–Crippen LogP) is 0.723. The molecule has 3 heteroatoms. The standard InChI is InChI=1S/C8H13NO2/c1-7(8(10)11)6-9-4-2-3-5-9/h1-6H2,(H,10,11). The Morgan fingerprint density at radius 1 is 1.45 bits per heavy atom. The summed E-state index contributed by atoms with van der Waals surface area (Å²) < 4.78 is 0. The molecule has 0 unspecified atom stereocenters. The molecular weight excluding hydrogens is 142 g/mol. The van der Waals surface area contributed by atoms with Gasteiger partial charge in [-0.2, -0.15) is 0 Å². The summed E-state index contributed by atoms with van der Waals surface area (Å²) in [4.78, 5) is 12.5. The normalized spacial score (nSPS) is 18.5. The largest absolute Gasteiger partial charge is 0.478 e. The van der Waals surface area contributed by atoms with Crippen molar-refractivity contribution in [1.29, 1.82) is 0 Å². The van der Waals surface area contributed by atoms with Gasteiger partial charge in [0.05, 0.1) is 0 Å². The van der Waals surface area contributed by atoms with E-state index >= 15 is 0 Å². The van der Waals surface area contributed by atoms with Gasteiger partial charge in [-0.15, -0.1) is 0 Å². The lowest BCUT2D eigenvalue weighted by atomic mass is 10.3. The topological polar surface area (TPSA) is 40.5 Å². The summed E-state index contributed by atoms with van der Waals surface area (Å²) in [6.07, 6.45) is 2.37. The first-order valence-corrected chi connectivity index (χ1v) is 3.83. The van der Waals surface area contributed by atoms with Gasteiger partial charge in [-0.1, -0.05) is 6.58 Å². The van der Waals surface area contributed by atoms with Gasteiger partial charge in [0.1, 0.15) is 0 Å². The smallest absolute Gasteiger partial charge is 0.332 e. The van der Waals surface area contributed by atoms with E-state index in [0.717, 1.165) is 13.1 Å². The fourth-order valence-electron chi connectivity index (χ4n) is 1.28. The zero-order valence-electron chi connectivity index (χ0n) is 6.55. The summed E-state index contributed by atoms with van der Waals surface area (Å²) in [6, 6.07) is 0. The highest BCUT2D eigenvalue weighted by molar-refractivity contribution is 5.86. The van der Waals surface area contributed by atoms with E-state index in [1.165, 1.54) is 12.8 Å². The van der Waals surface area contributed by atoms with Crippen LogP contribution >= 0.6 is 0 Å². The highest BCUT2D eigenvalue weighted by Crippen LogP contribution is 2.08. The molecule has 1 aliphatic heterocycles. The van der Waals surface area contributed by atoms with Gasteiger partial charge >= 0.3 is 5.97 Å². The maximum Gasteiger partial charge on any atom is 0.332 e. The van der Waals surface area contributed by atoms with Crippen molar-refractivity contribution in [3.05, 3.63) is 12.2 Å². The molecule has 0 amide bonds. The highest BCUT2D eigenvalue weighted by Gasteiger charge is 2.14. The monoisotopic (exact) mass is 155 g/mol. The van der Waals surface area contributed by atoms with Crippen LogP contribution in [-0.2, 0) is 4.79 Å². The summed E-state index contributed by atoms with van der Waals surface area (Å²) >= 11 is 0. The van der Waals surface area contributed by atoms with E-state index in [9.17, 15) is 4.79 Å². The lowest BCUT2D eigenvalue weighted by Gasteiger charge is -2.13. The van der Waals surface area contributed by atoms with Gasteiger partial charge in [0.2, 0.25) is 0 Å². The van der Waals surface area contributed by atoms with Crippen molar-refractivity contribution in [2.24, 2.45) is 0 Å². The predicted molar refractivity (Wildman–Crippen MR) is 42.4 cm³/mol. The maximum absolute atomic E-state index is 10.4. The molecule has 0 saturated carbocycles. The molecule has 0 bridgehead atoms. The van der Waals surface area contributed by atoms with E-state index in [1.54, 1.807) is 0 Å². The van der Waals surface area contributed by atoms with Gasteiger partial charge in [-0.05, 0) is 25.9 Å². The number of likely N-dealkylation sites (tertiary alicyclic amines) is 1. The van der Waals surface area contributed by atoms with Crippen LogP contribution in [0.2, 0.25) is 0 Å². The molecule has 3 nitrogen and oxygen atoms in total. The molecule has 0 atom stereocenters. The van der Waals surface area contributed by atoms with Crippen LogP contribution in [0, 0.1) is 0 Å². The molecule has 1 saturated heterocycles. The number of hydrogen-bond donors (Lipinski definition) is 1. The Balaban J connectivity index is 2.29. The zero-order chi connectivity index (χ0) is 8.27. The molecule has 1 fully saturated rings. The van der Waals surface area contributed by atoms with E-state index in [4.69, 9.17) is 5.11 Å². The van der Waals surface area contributed by atoms with Crippen LogP contribution in [0.4, 0.5) is 0 Å². The van der Waals surface area contributed by atoms with E-state index in [1.807, 2.05) is 0 Å². The molecule has 0 aromatic rings. The fraction of sp³-hybridized carbons (Fsp3) is 0.625. The second-order valence-corrected chi connectivity index (χ2v) is 2.89. The number of rotatable bonds is 3. The minimum absolute atomic E-state index is 0.298.